The van der Waals surface area contributed by atoms with Crippen LogP contribution in [-0.4, -0.2) is 62.2 Å². The summed E-state index contributed by atoms with van der Waals surface area (Å²) in [4.78, 5) is 9.27. The number of rotatable bonds is 16. The van der Waals surface area contributed by atoms with Crippen molar-refractivity contribution in [3.63, 3.8) is 0 Å². The highest BCUT2D eigenvalue weighted by Gasteiger charge is 2.39. The molecular formula is C23H42N2O3Si2. The second-order valence-electron chi connectivity index (χ2n) is 8.45. The summed E-state index contributed by atoms with van der Waals surface area (Å²) in [6.45, 7) is 16.6. The van der Waals surface area contributed by atoms with Gasteiger partial charge in [-0.3, -0.25) is 9.98 Å². The van der Waals surface area contributed by atoms with Crippen molar-refractivity contribution in [3.05, 3.63) is 35.4 Å². The highest BCUT2D eigenvalue weighted by molar-refractivity contribution is 6.76. The average molecular weight is 451 g/mol. The fourth-order valence-corrected chi connectivity index (χ4v) is 6.97. The zero-order valence-electron chi connectivity index (χ0n) is 19.9. The fourth-order valence-electron chi connectivity index (χ4n) is 3.16. The van der Waals surface area contributed by atoms with E-state index in [1.54, 1.807) is 0 Å². The molecule has 0 spiro atoms. The summed E-state index contributed by atoms with van der Waals surface area (Å²) >= 11 is 0. The summed E-state index contributed by atoms with van der Waals surface area (Å²) in [7, 11) is -3.54. The Kier molecular flexibility index (Phi) is 13.3. The molecule has 0 aliphatic heterocycles. The number of hydrogen-bond acceptors (Lipinski definition) is 5. The van der Waals surface area contributed by atoms with Crippen LogP contribution in [0.2, 0.25) is 31.7 Å². The third kappa shape index (κ3) is 11.3. The third-order valence-corrected chi connectivity index (χ3v) is 9.54. The normalized spacial score (nSPS) is 13.0. The topological polar surface area (TPSA) is 52.4 Å². The van der Waals surface area contributed by atoms with Gasteiger partial charge in [0.25, 0.3) is 0 Å². The fraction of sp³-hybridized carbons (Fsp3) is 0.652. The molecule has 5 nitrogen and oxygen atoms in total. The average Bonchev–Trinajstić information content (AvgIpc) is 2.68. The molecule has 0 heterocycles. The van der Waals surface area contributed by atoms with E-state index in [0.717, 1.165) is 36.7 Å². The van der Waals surface area contributed by atoms with E-state index in [2.05, 4.69) is 41.8 Å². The lowest BCUT2D eigenvalue weighted by molar-refractivity contribution is 0.0710. The van der Waals surface area contributed by atoms with E-state index in [1.165, 1.54) is 12.5 Å². The second kappa shape index (κ2) is 14.8. The van der Waals surface area contributed by atoms with Gasteiger partial charge < -0.3 is 13.3 Å². The lowest BCUT2D eigenvalue weighted by Crippen LogP contribution is -2.46. The Morgan fingerprint density at radius 2 is 1.17 bits per heavy atom. The maximum Gasteiger partial charge on any atom is 0.500 e. The van der Waals surface area contributed by atoms with Crippen LogP contribution in [0.5, 0.6) is 0 Å². The minimum Gasteiger partial charge on any atom is -0.374 e. The van der Waals surface area contributed by atoms with Crippen LogP contribution in [0.25, 0.3) is 0 Å². The smallest absolute Gasteiger partial charge is 0.374 e. The summed E-state index contributed by atoms with van der Waals surface area (Å²) in [5.41, 5.74) is 2.23. The van der Waals surface area contributed by atoms with Crippen molar-refractivity contribution in [2.45, 2.75) is 65.3 Å². The Hall–Kier alpha value is -1.13. The third-order valence-electron chi connectivity index (χ3n) is 4.53. The molecule has 0 atom stereocenters. The van der Waals surface area contributed by atoms with Gasteiger partial charge in [-0.2, -0.15) is 0 Å². The van der Waals surface area contributed by atoms with Crippen LogP contribution in [0.3, 0.4) is 0 Å². The number of benzene rings is 1. The monoisotopic (exact) mass is 450 g/mol. The first-order valence-electron chi connectivity index (χ1n) is 11.4. The first-order chi connectivity index (χ1) is 14.4. The van der Waals surface area contributed by atoms with Gasteiger partial charge in [-0.15, -0.1) is 0 Å². The second-order valence-corrected chi connectivity index (χ2v) is 16.8. The summed E-state index contributed by atoms with van der Waals surface area (Å²) in [6.07, 6.45) is 6.00. The van der Waals surface area contributed by atoms with Gasteiger partial charge in [0.2, 0.25) is 0 Å². The minimum atomic E-state index is -2.57. The van der Waals surface area contributed by atoms with Gasteiger partial charge in [0.05, 0.1) is 0 Å². The summed E-state index contributed by atoms with van der Waals surface area (Å²) in [5, 5.41) is 0. The molecule has 0 saturated carbocycles. The first-order valence-corrected chi connectivity index (χ1v) is 17.0. The Morgan fingerprint density at radius 1 is 0.733 bits per heavy atom. The van der Waals surface area contributed by atoms with Gasteiger partial charge in [-0.25, -0.2) is 0 Å². The molecule has 1 rings (SSSR count). The van der Waals surface area contributed by atoms with Gasteiger partial charge in [0.1, 0.15) is 0 Å². The molecule has 0 N–H and O–H groups in total. The van der Waals surface area contributed by atoms with Crippen molar-refractivity contribution < 1.29 is 13.3 Å². The van der Waals surface area contributed by atoms with E-state index in [0.29, 0.717) is 19.8 Å². The molecule has 0 radical (unpaired) electrons. The SMILES string of the molecule is CCO[Si](CCCN=Cc1ccccc1C=NCCC[Si](C)(C)C)(OCC)OCC. The predicted molar refractivity (Wildman–Crippen MR) is 134 cm³/mol. The van der Waals surface area contributed by atoms with Gasteiger partial charge in [0, 0.05) is 70.6 Å². The van der Waals surface area contributed by atoms with Crippen LogP contribution in [0.1, 0.15) is 44.7 Å². The maximum atomic E-state index is 5.91. The standard InChI is InChI=1S/C23H42N2O3Si2/c1-7-26-30(27-8-2,28-9-3)19-13-17-25-21-23-15-11-10-14-22(23)20-24-16-12-18-29(4,5)6/h10-11,14-15,20-21H,7-9,12-13,16-19H2,1-6H3. The van der Waals surface area contributed by atoms with E-state index < -0.39 is 16.9 Å². The van der Waals surface area contributed by atoms with Crippen molar-refractivity contribution in [2.24, 2.45) is 9.98 Å². The molecule has 0 saturated heterocycles. The van der Waals surface area contributed by atoms with Crippen molar-refractivity contribution in [3.8, 4) is 0 Å². The van der Waals surface area contributed by atoms with Crippen molar-refractivity contribution >= 4 is 29.3 Å². The lowest BCUT2D eigenvalue weighted by Gasteiger charge is -2.28. The molecule has 0 unspecified atom stereocenters. The van der Waals surface area contributed by atoms with E-state index in [-0.39, 0.29) is 0 Å². The molecule has 0 aromatic heterocycles. The molecule has 0 fully saturated rings. The van der Waals surface area contributed by atoms with E-state index in [4.69, 9.17) is 13.3 Å². The summed E-state index contributed by atoms with van der Waals surface area (Å²) in [5.74, 6) is 0. The predicted octanol–water partition coefficient (Wildman–Crippen LogP) is 5.69. The lowest BCUT2D eigenvalue weighted by atomic mass is 10.1. The van der Waals surface area contributed by atoms with Crippen LogP contribution in [0.4, 0.5) is 0 Å². The van der Waals surface area contributed by atoms with Crippen molar-refractivity contribution in [2.75, 3.05) is 32.9 Å². The number of nitrogens with zero attached hydrogens (tertiary/aromatic N) is 2. The molecule has 0 bridgehead atoms. The molecule has 7 heteroatoms. The summed E-state index contributed by atoms with van der Waals surface area (Å²) in [6, 6.07) is 10.4. The molecule has 1 aromatic rings. The largest absolute Gasteiger partial charge is 0.500 e. The number of aliphatic imine (C=N–C) groups is 2. The summed E-state index contributed by atoms with van der Waals surface area (Å²) < 4.78 is 17.7. The van der Waals surface area contributed by atoms with Crippen LogP contribution < -0.4 is 0 Å². The Bertz CT molecular complexity index is 629. The molecule has 0 aliphatic rings. The van der Waals surface area contributed by atoms with Crippen molar-refractivity contribution in [1.29, 1.82) is 0 Å². The van der Waals surface area contributed by atoms with Gasteiger partial charge in [0.15, 0.2) is 0 Å². The van der Waals surface area contributed by atoms with Crippen LogP contribution in [0, 0.1) is 0 Å². The number of hydrogen-bond donors (Lipinski definition) is 0. The highest BCUT2D eigenvalue weighted by Crippen LogP contribution is 2.18. The zero-order chi connectivity index (χ0) is 22.3. The van der Waals surface area contributed by atoms with Crippen LogP contribution in [-0.2, 0) is 13.3 Å². The van der Waals surface area contributed by atoms with Gasteiger partial charge in [-0.1, -0.05) is 50.0 Å². The molecular weight excluding hydrogens is 408 g/mol. The van der Waals surface area contributed by atoms with Crippen LogP contribution in [0.15, 0.2) is 34.3 Å². The van der Waals surface area contributed by atoms with Crippen LogP contribution >= 0.6 is 0 Å². The van der Waals surface area contributed by atoms with Gasteiger partial charge in [-0.05, 0) is 33.6 Å². The van der Waals surface area contributed by atoms with E-state index >= 15 is 0 Å². The Balaban J connectivity index is 2.58. The zero-order valence-corrected chi connectivity index (χ0v) is 21.9. The molecule has 1 aromatic carbocycles. The van der Waals surface area contributed by atoms with E-state index in [9.17, 15) is 0 Å². The van der Waals surface area contributed by atoms with Crippen molar-refractivity contribution in [1.82, 2.24) is 0 Å². The molecule has 170 valence electrons. The van der Waals surface area contributed by atoms with E-state index in [1.807, 2.05) is 45.3 Å². The molecule has 30 heavy (non-hydrogen) atoms. The molecule has 0 amide bonds. The Labute approximate surface area is 186 Å². The molecule has 0 aliphatic carbocycles. The minimum absolute atomic E-state index is 0.611. The first kappa shape index (κ1) is 26.9. The Morgan fingerprint density at radius 3 is 1.57 bits per heavy atom. The maximum absolute atomic E-state index is 5.91. The van der Waals surface area contributed by atoms with Gasteiger partial charge >= 0.3 is 8.80 Å². The quantitative estimate of drug-likeness (QED) is 0.185. The highest BCUT2D eigenvalue weighted by atomic mass is 28.4.